The molecule has 0 aromatic heterocycles. The number of rotatable bonds is 5. The fourth-order valence-electron chi connectivity index (χ4n) is 1.08. The predicted octanol–water partition coefficient (Wildman–Crippen LogP) is 2.48. The predicted molar refractivity (Wildman–Crippen MR) is 60.9 cm³/mol. The van der Waals surface area contributed by atoms with Gasteiger partial charge in [0.25, 0.3) is 0 Å². The van der Waals surface area contributed by atoms with Gasteiger partial charge in [-0.15, -0.1) is 0 Å². The number of carboxylic acid groups (broad SMARTS) is 1. The molecule has 0 aliphatic rings. The summed E-state index contributed by atoms with van der Waals surface area (Å²) in [5.41, 5.74) is 1.13. The number of carboxylic acids is 1. The standard InChI is InChI=1S/C11H13BrO3/c1-8(11(13)14)15-7-6-9-2-4-10(12)5-3-9/h2-5,8H,6-7H2,1H3,(H,13,14). The van der Waals surface area contributed by atoms with Crippen molar-refractivity contribution in [3.8, 4) is 0 Å². The second-order valence-corrected chi connectivity index (χ2v) is 4.14. The van der Waals surface area contributed by atoms with E-state index in [9.17, 15) is 4.79 Å². The second-order valence-electron chi connectivity index (χ2n) is 3.23. The maximum Gasteiger partial charge on any atom is 0.332 e. The van der Waals surface area contributed by atoms with Gasteiger partial charge in [0.2, 0.25) is 0 Å². The van der Waals surface area contributed by atoms with Gasteiger partial charge in [0.15, 0.2) is 6.10 Å². The summed E-state index contributed by atoms with van der Waals surface area (Å²) >= 11 is 3.35. The lowest BCUT2D eigenvalue weighted by molar-refractivity contribution is -0.149. The molecule has 1 aromatic carbocycles. The summed E-state index contributed by atoms with van der Waals surface area (Å²) in [5, 5.41) is 8.58. The average Bonchev–Trinajstić information content (AvgIpc) is 2.20. The van der Waals surface area contributed by atoms with E-state index in [1.165, 1.54) is 6.92 Å². The van der Waals surface area contributed by atoms with Crippen molar-refractivity contribution in [2.75, 3.05) is 6.61 Å². The number of hydrogen-bond donors (Lipinski definition) is 1. The van der Waals surface area contributed by atoms with Gasteiger partial charge in [-0.25, -0.2) is 4.79 Å². The topological polar surface area (TPSA) is 46.5 Å². The molecule has 1 N–H and O–H groups in total. The van der Waals surface area contributed by atoms with Gasteiger partial charge in [0.05, 0.1) is 6.61 Å². The molecular formula is C11H13BrO3. The third kappa shape index (κ3) is 4.44. The minimum absolute atomic E-state index is 0.426. The van der Waals surface area contributed by atoms with Crippen LogP contribution in [0.4, 0.5) is 0 Å². The summed E-state index contributed by atoms with van der Waals surface area (Å²) < 4.78 is 6.16. The molecule has 3 nitrogen and oxygen atoms in total. The molecule has 15 heavy (non-hydrogen) atoms. The molecule has 4 heteroatoms. The molecule has 1 atom stereocenters. The van der Waals surface area contributed by atoms with Gasteiger partial charge in [-0.2, -0.15) is 0 Å². The van der Waals surface area contributed by atoms with Gasteiger partial charge in [-0.1, -0.05) is 28.1 Å². The molecule has 0 bridgehead atoms. The molecule has 0 radical (unpaired) electrons. The van der Waals surface area contributed by atoms with Gasteiger partial charge < -0.3 is 9.84 Å². The third-order valence-electron chi connectivity index (χ3n) is 2.02. The van der Waals surface area contributed by atoms with Crippen LogP contribution in [0.3, 0.4) is 0 Å². The Labute approximate surface area is 97.2 Å². The maximum atomic E-state index is 10.5. The van der Waals surface area contributed by atoms with Crippen LogP contribution in [0.1, 0.15) is 12.5 Å². The van der Waals surface area contributed by atoms with Gasteiger partial charge in [-0.3, -0.25) is 0 Å². The molecule has 0 aliphatic heterocycles. The van der Waals surface area contributed by atoms with E-state index in [1.807, 2.05) is 24.3 Å². The van der Waals surface area contributed by atoms with Crippen LogP contribution in [0.15, 0.2) is 28.7 Å². The highest BCUT2D eigenvalue weighted by atomic mass is 79.9. The summed E-state index contributed by atoms with van der Waals surface area (Å²) in [6, 6.07) is 7.88. The van der Waals surface area contributed by atoms with Crippen LogP contribution >= 0.6 is 15.9 Å². The zero-order valence-electron chi connectivity index (χ0n) is 8.44. The Morgan fingerprint density at radius 3 is 2.60 bits per heavy atom. The average molecular weight is 273 g/mol. The SMILES string of the molecule is CC(OCCc1ccc(Br)cc1)C(=O)O. The summed E-state index contributed by atoms with van der Waals surface area (Å²) in [4.78, 5) is 10.5. The number of ether oxygens (including phenoxy) is 1. The van der Waals surface area contributed by atoms with E-state index in [1.54, 1.807) is 0 Å². The van der Waals surface area contributed by atoms with Crippen molar-refractivity contribution >= 4 is 21.9 Å². The van der Waals surface area contributed by atoms with E-state index in [4.69, 9.17) is 9.84 Å². The van der Waals surface area contributed by atoms with E-state index < -0.39 is 12.1 Å². The van der Waals surface area contributed by atoms with E-state index in [-0.39, 0.29) is 0 Å². The zero-order chi connectivity index (χ0) is 11.3. The van der Waals surface area contributed by atoms with Crippen molar-refractivity contribution < 1.29 is 14.6 Å². The van der Waals surface area contributed by atoms with Gasteiger partial charge >= 0.3 is 5.97 Å². The monoisotopic (exact) mass is 272 g/mol. The molecule has 0 fully saturated rings. The lowest BCUT2D eigenvalue weighted by atomic mass is 10.2. The van der Waals surface area contributed by atoms with E-state index >= 15 is 0 Å². The van der Waals surface area contributed by atoms with Crippen molar-refractivity contribution in [1.29, 1.82) is 0 Å². The lowest BCUT2D eigenvalue weighted by Crippen LogP contribution is -2.20. The third-order valence-corrected chi connectivity index (χ3v) is 2.55. The summed E-state index contributed by atoms with van der Waals surface area (Å²) in [7, 11) is 0. The minimum Gasteiger partial charge on any atom is -0.479 e. The fourth-order valence-corrected chi connectivity index (χ4v) is 1.34. The number of halogens is 1. The maximum absolute atomic E-state index is 10.5. The highest BCUT2D eigenvalue weighted by Gasteiger charge is 2.09. The fraction of sp³-hybridized carbons (Fsp3) is 0.364. The van der Waals surface area contributed by atoms with Crippen LogP contribution in [-0.2, 0) is 16.0 Å². The quantitative estimate of drug-likeness (QED) is 0.896. The minimum atomic E-state index is -0.925. The van der Waals surface area contributed by atoms with Crippen LogP contribution in [0.5, 0.6) is 0 Å². The highest BCUT2D eigenvalue weighted by molar-refractivity contribution is 9.10. The summed E-state index contributed by atoms with van der Waals surface area (Å²) in [6.07, 6.45) is -0.00861. The van der Waals surface area contributed by atoms with Gasteiger partial charge in [0, 0.05) is 4.47 Å². The Bertz CT molecular complexity index is 321. The first-order valence-electron chi connectivity index (χ1n) is 4.68. The van der Waals surface area contributed by atoms with Crippen molar-refractivity contribution in [2.24, 2.45) is 0 Å². The van der Waals surface area contributed by atoms with E-state index in [0.717, 1.165) is 16.5 Å². The Morgan fingerprint density at radius 1 is 1.47 bits per heavy atom. The zero-order valence-corrected chi connectivity index (χ0v) is 10.0. The molecule has 0 amide bonds. The molecule has 1 unspecified atom stereocenters. The number of hydrogen-bond acceptors (Lipinski definition) is 2. The number of carbonyl (C=O) groups is 1. The van der Waals surface area contributed by atoms with Gasteiger partial charge in [0.1, 0.15) is 0 Å². The number of benzene rings is 1. The lowest BCUT2D eigenvalue weighted by Gasteiger charge is -2.08. The molecule has 0 saturated heterocycles. The molecule has 0 aliphatic carbocycles. The first kappa shape index (κ1) is 12.2. The largest absolute Gasteiger partial charge is 0.479 e. The Balaban J connectivity index is 2.32. The van der Waals surface area contributed by atoms with Crippen LogP contribution in [-0.4, -0.2) is 23.8 Å². The first-order chi connectivity index (χ1) is 7.09. The molecular weight excluding hydrogens is 260 g/mol. The smallest absolute Gasteiger partial charge is 0.332 e. The van der Waals surface area contributed by atoms with Crippen LogP contribution in [0.25, 0.3) is 0 Å². The van der Waals surface area contributed by atoms with Crippen molar-refractivity contribution in [3.05, 3.63) is 34.3 Å². The molecule has 1 aromatic rings. The second kappa shape index (κ2) is 5.88. The molecule has 82 valence electrons. The molecule has 1 rings (SSSR count). The normalized spacial score (nSPS) is 12.4. The molecule has 0 heterocycles. The number of aliphatic carboxylic acids is 1. The summed E-state index contributed by atoms with van der Waals surface area (Å²) in [6.45, 7) is 1.96. The van der Waals surface area contributed by atoms with E-state index in [0.29, 0.717) is 6.61 Å². The van der Waals surface area contributed by atoms with E-state index in [2.05, 4.69) is 15.9 Å². The van der Waals surface area contributed by atoms with Crippen molar-refractivity contribution in [2.45, 2.75) is 19.4 Å². The van der Waals surface area contributed by atoms with Crippen molar-refractivity contribution in [1.82, 2.24) is 0 Å². The van der Waals surface area contributed by atoms with Crippen LogP contribution in [0, 0.1) is 0 Å². The Kier molecular flexibility index (Phi) is 4.78. The highest BCUT2D eigenvalue weighted by Crippen LogP contribution is 2.11. The first-order valence-corrected chi connectivity index (χ1v) is 5.48. The molecule has 0 saturated carbocycles. The van der Waals surface area contributed by atoms with Crippen LogP contribution in [0.2, 0.25) is 0 Å². The van der Waals surface area contributed by atoms with Gasteiger partial charge in [-0.05, 0) is 31.0 Å². The van der Waals surface area contributed by atoms with Crippen molar-refractivity contribution in [3.63, 3.8) is 0 Å². The summed E-state index contributed by atoms with van der Waals surface area (Å²) in [5.74, 6) is -0.925. The van der Waals surface area contributed by atoms with Crippen LogP contribution < -0.4 is 0 Å². The molecule has 0 spiro atoms. The Morgan fingerprint density at radius 2 is 2.07 bits per heavy atom. The Hall–Kier alpha value is -0.870.